The van der Waals surface area contributed by atoms with Gasteiger partial charge in [0.15, 0.2) is 0 Å². The number of hydrogen-bond acceptors (Lipinski definition) is 3. The Hall–Kier alpha value is -1.36. The lowest BCUT2D eigenvalue weighted by atomic mass is 10.4. The Balaban J connectivity index is 0.000000845. The SMILES string of the molecule is Cc1cc(C)[n+]2[nH]c(N)nc2n1.[Cl-]. The Bertz CT molecular complexity index is 436. The predicted molar refractivity (Wildman–Crippen MR) is 43.4 cm³/mol. The minimum atomic E-state index is 0. The number of aryl methyl sites for hydroxylation is 2. The van der Waals surface area contributed by atoms with Gasteiger partial charge in [0.25, 0.3) is 0 Å². The number of rotatable bonds is 0. The van der Waals surface area contributed by atoms with Gasteiger partial charge in [-0.3, -0.25) is 0 Å². The molecular formula is C7H10ClN5. The van der Waals surface area contributed by atoms with Crippen molar-refractivity contribution in [2.45, 2.75) is 13.8 Å². The molecule has 2 heterocycles. The first kappa shape index (κ1) is 9.73. The van der Waals surface area contributed by atoms with Gasteiger partial charge in [-0.2, -0.15) is 5.10 Å². The second-order valence-corrected chi connectivity index (χ2v) is 2.78. The lowest BCUT2D eigenvalue weighted by Gasteiger charge is -1.89. The Morgan fingerprint density at radius 3 is 2.77 bits per heavy atom. The molecule has 2 aromatic rings. The Morgan fingerprint density at radius 1 is 1.38 bits per heavy atom. The largest absolute Gasteiger partial charge is 1.00 e. The highest BCUT2D eigenvalue weighted by Gasteiger charge is 2.12. The third kappa shape index (κ3) is 1.55. The van der Waals surface area contributed by atoms with Crippen LogP contribution in [0.2, 0.25) is 0 Å². The van der Waals surface area contributed by atoms with Crippen LogP contribution in [0, 0.1) is 13.8 Å². The summed E-state index contributed by atoms with van der Waals surface area (Å²) in [6, 6.07) is 1.96. The number of halogens is 1. The van der Waals surface area contributed by atoms with Crippen molar-refractivity contribution in [2.75, 3.05) is 5.73 Å². The molecule has 13 heavy (non-hydrogen) atoms. The van der Waals surface area contributed by atoms with Gasteiger partial charge in [0.2, 0.25) is 0 Å². The van der Waals surface area contributed by atoms with Gasteiger partial charge in [-0.05, 0) is 18.8 Å². The average Bonchev–Trinajstić information content (AvgIpc) is 2.29. The second-order valence-electron chi connectivity index (χ2n) is 2.78. The van der Waals surface area contributed by atoms with E-state index in [4.69, 9.17) is 5.73 Å². The monoisotopic (exact) mass is 199 g/mol. The van der Waals surface area contributed by atoms with E-state index in [1.165, 1.54) is 0 Å². The van der Waals surface area contributed by atoms with Crippen molar-refractivity contribution in [3.05, 3.63) is 17.5 Å². The van der Waals surface area contributed by atoms with Crippen LogP contribution in [0.3, 0.4) is 0 Å². The number of nitrogens with one attached hydrogen (secondary N) is 1. The zero-order chi connectivity index (χ0) is 8.72. The molecule has 2 rings (SSSR count). The molecule has 0 saturated carbocycles. The average molecular weight is 200 g/mol. The molecule has 0 aromatic carbocycles. The highest BCUT2D eigenvalue weighted by molar-refractivity contribution is 5.26. The lowest BCUT2D eigenvalue weighted by molar-refractivity contribution is -0.585. The summed E-state index contributed by atoms with van der Waals surface area (Å²) in [5, 5.41) is 2.87. The van der Waals surface area contributed by atoms with Crippen LogP contribution in [0.4, 0.5) is 5.95 Å². The lowest BCUT2D eigenvalue weighted by Crippen LogP contribution is -3.00. The molecule has 0 saturated heterocycles. The molecular weight excluding hydrogens is 190 g/mol. The number of aromatic amines is 1. The summed E-state index contributed by atoms with van der Waals surface area (Å²) in [7, 11) is 0. The summed E-state index contributed by atoms with van der Waals surface area (Å²) in [6.07, 6.45) is 0. The van der Waals surface area contributed by atoms with Gasteiger partial charge in [-0.15, -0.1) is 4.52 Å². The van der Waals surface area contributed by atoms with Crippen molar-refractivity contribution in [3.63, 3.8) is 0 Å². The summed E-state index contributed by atoms with van der Waals surface area (Å²) < 4.78 is 1.75. The summed E-state index contributed by atoms with van der Waals surface area (Å²) >= 11 is 0. The summed E-state index contributed by atoms with van der Waals surface area (Å²) in [4.78, 5) is 8.21. The van der Waals surface area contributed by atoms with Crippen LogP contribution in [-0.2, 0) is 0 Å². The third-order valence-electron chi connectivity index (χ3n) is 1.69. The van der Waals surface area contributed by atoms with Crippen molar-refractivity contribution in [2.24, 2.45) is 0 Å². The highest BCUT2D eigenvalue weighted by Crippen LogP contribution is 1.97. The van der Waals surface area contributed by atoms with E-state index in [1.54, 1.807) is 4.52 Å². The smallest absolute Gasteiger partial charge is 0.459 e. The van der Waals surface area contributed by atoms with Crippen LogP contribution in [0.5, 0.6) is 0 Å². The maximum atomic E-state index is 5.48. The fraction of sp³-hybridized carbons (Fsp3) is 0.286. The minimum absolute atomic E-state index is 0. The van der Waals surface area contributed by atoms with E-state index in [0.29, 0.717) is 11.7 Å². The fourth-order valence-corrected chi connectivity index (χ4v) is 1.23. The molecule has 70 valence electrons. The zero-order valence-electron chi connectivity index (χ0n) is 7.37. The van der Waals surface area contributed by atoms with Gasteiger partial charge in [0.1, 0.15) is 11.4 Å². The summed E-state index contributed by atoms with van der Waals surface area (Å²) in [5.74, 6) is 1.00. The molecule has 0 amide bonds. The van der Waals surface area contributed by atoms with E-state index in [-0.39, 0.29) is 12.4 Å². The first-order valence-electron chi connectivity index (χ1n) is 3.68. The van der Waals surface area contributed by atoms with E-state index in [1.807, 2.05) is 19.9 Å². The molecule has 0 spiro atoms. The van der Waals surface area contributed by atoms with Gasteiger partial charge in [0.05, 0.1) is 0 Å². The van der Waals surface area contributed by atoms with Gasteiger partial charge < -0.3 is 18.1 Å². The standard InChI is InChI=1S/C7H9N5.ClH/c1-4-3-5(2)12-7(9-4)10-6(8)11-12;/h3H,1-2H3,(H2,8,11);1H. The number of nitrogen functional groups attached to an aromatic ring is 1. The van der Waals surface area contributed by atoms with Gasteiger partial charge >= 0.3 is 11.7 Å². The van der Waals surface area contributed by atoms with Crippen molar-refractivity contribution in [3.8, 4) is 0 Å². The van der Waals surface area contributed by atoms with Crippen molar-refractivity contribution in [1.82, 2.24) is 15.1 Å². The molecule has 0 atom stereocenters. The number of H-pyrrole nitrogens is 1. The quantitative estimate of drug-likeness (QED) is 0.438. The van der Waals surface area contributed by atoms with Gasteiger partial charge in [-0.1, -0.05) is 4.98 Å². The van der Waals surface area contributed by atoms with Crippen molar-refractivity contribution >= 4 is 11.7 Å². The molecule has 2 aromatic heterocycles. The number of hydrogen-bond donors (Lipinski definition) is 2. The predicted octanol–water partition coefficient (Wildman–Crippen LogP) is -3.25. The molecule has 0 aliphatic rings. The fourth-order valence-electron chi connectivity index (χ4n) is 1.23. The van der Waals surface area contributed by atoms with Gasteiger partial charge in [-0.25, -0.2) is 0 Å². The molecule has 5 nitrogen and oxygen atoms in total. The van der Waals surface area contributed by atoms with E-state index in [0.717, 1.165) is 11.4 Å². The molecule has 0 unspecified atom stereocenters. The third-order valence-corrected chi connectivity index (χ3v) is 1.69. The normalized spacial score (nSPS) is 10.0. The second kappa shape index (κ2) is 3.18. The van der Waals surface area contributed by atoms with Crippen LogP contribution in [0.15, 0.2) is 6.07 Å². The number of anilines is 1. The molecule has 0 radical (unpaired) electrons. The minimum Gasteiger partial charge on any atom is -1.00 e. The molecule has 0 aliphatic carbocycles. The number of fused-ring (bicyclic) bond motifs is 1. The number of nitrogens with zero attached hydrogens (tertiary/aromatic N) is 3. The maximum Gasteiger partial charge on any atom is 0.459 e. The van der Waals surface area contributed by atoms with E-state index >= 15 is 0 Å². The van der Waals surface area contributed by atoms with E-state index in [2.05, 4.69) is 15.1 Å². The van der Waals surface area contributed by atoms with Crippen molar-refractivity contribution in [1.29, 1.82) is 0 Å². The van der Waals surface area contributed by atoms with Crippen LogP contribution in [0.25, 0.3) is 5.78 Å². The summed E-state index contributed by atoms with van der Waals surface area (Å²) in [6.45, 7) is 3.90. The highest BCUT2D eigenvalue weighted by atomic mass is 35.5. The van der Waals surface area contributed by atoms with E-state index < -0.39 is 0 Å². The van der Waals surface area contributed by atoms with Crippen LogP contribution < -0.4 is 22.7 Å². The van der Waals surface area contributed by atoms with Crippen LogP contribution in [-0.4, -0.2) is 15.1 Å². The number of nitrogens with two attached hydrogens (primary N) is 1. The molecule has 0 bridgehead atoms. The van der Waals surface area contributed by atoms with Crippen molar-refractivity contribution < 1.29 is 16.9 Å². The Morgan fingerprint density at radius 2 is 2.08 bits per heavy atom. The molecule has 0 aliphatic heterocycles. The van der Waals surface area contributed by atoms with E-state index in [9.17, 15) is 0 Å². The first-order valence-corrected chi connectivity index (χ1v) is 3.68. The number of aromatic nitrogens is 4. The Labute approximate surface area is 81.4 Å². The summed E-state index contributed by atoms with van der Waals surface area (Å²) in [5.41, 5.74) is 7.47. The van der Waals surface area contributed by atoms with Crippen LogP contribution >= 0.6 is 0 Å². The molecule has 0 fully saturated rings. The molecule has 6 heteroatoms. The Kier molecular flexibility index (Phi) is 2.38. The topological polar surface area (TPSA) is 71.7 Å². The zero-order valence-corrected chi connectivity index (χ0v) is 8.13. The first-order chi connectivity index (χ1) is 5.66. The van der Waals surface area contributed by atoms with Crippen LogP contribution in [0.1, 0.15) is 11.4 Å². The van der Waals surface area contributed by atoms with Gasteiger partial charge in [0, 0.05) is 6.07 Å². The maximum absolute atomic E-state index is 5.48. The molecule has 3 N–H and O–H groups in total.